The number of benzene rings is 1. The Morgan fingerprint density at radius 2 is 2.10 bits per heavy atom. The third kappa shape index (κ3) is 2.99. The van der Waals surface area contributed by atoms with Gasteiger partial charge in [0.2, 0.25) is 5.82 Å². The fraction of sp³-hybridized carbons (Fsp3) is 0.467. The van der Waals surface area contributed by atoms with Crippen molar-refractivity contribution in [3.8, 4) is 11.5 Å². The smallest absolute Gasteiger partial charge is 0.260 e. The zero-order valence-electron chi connectivity index (χ0n) is 12.4. The van der Waals surface area contributed by atoms with Gasteiger partial charge in [-0.05, 0) is 31.9 Å². The first-order valence-electron chi connectivity index (χ1n) is 6.84. The topological polar surface area (TPSA) is 74.2 Å². The molecule has 1 atom stereocenters. The number of hydrogen-bond donors (Lipinski definition) is 1. The van der Waals surface area contributed by atoms with E-state index in [0.29, 0.717) is 24.0 Å². The Bertz CT molecular complexity index is 578. The van der Waals surface area contributed by atoms with Crippen molar-refractivity contribution in [1.29, 1.82) is 0 Å². The predicted octanol–water partition coefficient (Wildman–Crippen LogP) is 3.36. The van der Waals surface area contributed by atoms with Crippen molar-refractivity contribution in [2.45, 2.75) is 33.8 Å². The van der Waals surface area contributed by atoms with Gasteiger partial charge in [0.25, 0.3) is 5.89 Å². The van der Waals surface area contributed by atoms with Gasteiger partial charge in [0.05, 0.1) is 5.56 Å². The number of aryl methyl sites for hydroxylation is 1. The Morgan fingerprint density at radius 3 is 2.75 bits per heavy atom. The number of nitrogen functional groups attached to an aromatic ring is 1. The normalized spacial score (nSPS) is 12.8. The van der Waals surface area contributed by atoms with Crippen molar-refractivity contribution in [1.82, 2.24) is 10.1 Å². The van der Waals surface area contributed by atoms with Crippen LogP contribution < -0.4 is 5.73 Å². The summed E-state index contributed by atoms with van der Waals surface area (Å²) in [7, 11) is 0. The number of rotatable bonds is 5. The van der Waals surface area contributed by atoms with Gasteiger partial charge in [-0.15, -0.1) is 0 Å². The minimum Gasteiger partial charge on any atom is -0.398 e. The standard InChI is InChI=1S/C15H21N3O2/c1-5-19-13(9(2)3)14-17-15(20-18-14)11-8-10(4)6-7-12(11)16/h6-9,13H,5,16H2,1-4H3. The van der Waals surface area contributed by atoms with Gasteiger partial charge in [0.15, 0.2) is 0 Å². The number of ether oxygens (including phenoxy) is 1. The first kappa shape index (κ1) is 14.5. The fourth-order valence-corrected chi connectivity index (χ4v) is 2.06. The maximum absolute atomic E-state index is 5.97. The number of aromatic nitrogens is 2. The first-order valence-corrected chi connectivity index (χ1v) is 6.84. The summed E-state index contributed by atoms with van der Waals surface area (Å²) in [5.74, 6) is 1.28. The molecule has 2 aromatic rings. The number of hydrogen-bond acceptors (Lipinski definition) is 5. The van der Waals surface area contributed by atoms with Gasteiger partial charge < -0.3 is 15.0 Å². The zero-order chi connectivity index (χ0) is 14.7. The highest BCUT2D eigenvalue weighted by atomic mass is 16.5. The van der Waals surface area contributed by atoms with Crippen LogP contribution in [0.5, 0.6) is 0 Å². The lowest BCUT2D eigenvalue weighted by Gasteiger charge is -2.16. The Balaban J connectivity index is 2.34. The van der Waals surface area contributed by atoms with Crippen molar-refractivity contribution in [2.75, 3.05) is 12.3 Å². The van der Waals surface area contributed by atoms with Crippen molar-refractivity contribution in [3.05, 3.63) is 29.6 Å². The van der Waals surface area contributed by atoms with E-state index < -0.39 is 0 Å². The lowest BCUT2D eigenvalue weighted by molar-refractivity contribution is 0.0217. The Labute approximate surface area is 119 Å². The molecule has 0 bridgehead atoms. The van der Waals surface area contributed by atoms with Gasteiger partial charge in [-0.1, -0.05) is 30.6 Å². The Kier molecular flexibility index (Phi) is 4.39. The maximum atomic E-state index is 5.97. The summed E-state index contributed by atoms with van der Waals surface area (Å²) in [5.41, 5.74) is 8.46. The highest BCUT2D eigenvalue weighted by Crippen LogP contribution is 2.29. The molecule has 0 saturated heterocycles. The van der Waals surface area contributed by atoms with Crippen LogP contribution in [0.4, 0.5) is 5.69 Å². The maximum Gasteiger partial charge on any atom is 0.260 e. The molecule has 1 heterocycles. The molecule has 5 nitrogen and oxygen atoms in total. The van der Waals surface area contributed by atoms with Crippen LogP contribution in [-0.4, -0.2) is 16.7 Å². The highest BCUT2D eigenvalue weighted by molar-refractivity contribution is 5.70. The molecule has 1 aromatic carbocycles. The van der Waals surface area contributed by atoms with E-state index in [1.54, 1.807) is 0 Å². The number of nitrogens with two attached hydrogens (primary N) is 1. The van der Waals surface area contributed by atoms with Crippen molar-refractivity contribution >= 4 is 5.69 Å². The number of nitrogens with zero attached hydrogens (tertiary/aromatic N) is 2. The molecule has 0 saturated carbocycles. The predicted molar refractivity (Wildman–Crippen MR) is 78.1 cm³/mol. The van der Waals surface area contributed by atoms with Crippen LogP contribution in [0.1, 0.15) is 38.3 Å². The van der Waals surface area contributed by atoms with Gasteiger partial charge in [0, 0.05) is 12.3 Å². The van der Waals surface area contributed by atoms with E-state index in [1.807, 2.05) is 32.0 Å². The molecule has 2 rings (SSSR count). The third-order valence-electron chi connectivity index (χ3n) is 3.09. The second-order valence-corrected chi connectivity index (χ2v) is 5.17. The van der Waals surface area contributed by atoms with Crippen LogP contribution in [0, 0.1) is 12.8 Å². The average molecular weight is 275 g/mol. The molecule has 0 amide bonds. The van der Waals surface area contributed by atoms with Crippen molar-refractivity contribution < 1.29 is 9.26 Å². The summed E-state index contributed by atoms with van der Waals surface area (Å²) in [6, 6.07) is 5.74. The number of anilines is 1. The van der Waals surface area contributed by atoms with Crippen molar-refractivity contribution in [3.63, 3.8) is 0 Å². The van der Waals surface area contributed by atoms with Crippen LogP contribution in [0.3, 0.4) is 0 Å². The van der Waals surface area contributed by atoms with E-state index in [0.717, 1.165) is 11.1 Å². The lowest BCUT2D eigenvalue weighted by Crippen LogP contribution is -2.12. The average Bonchev–Trinajstić information content (AvgIpc) is 2.87. The van der Waals surface area contributed by atoms with Crippen LogP contribution in [0.25, 0.3) is 11.5 Å². The second kappa shape index (κ2) is 6.05. The molecule has 108 valence electrons. The lowest BCUT2D eigenvalue weighted by atomic mass is 10.1. The third-order valence-corrected chi connectivity index (χ3v) is 3.09. The van der Waals surface area contributed by atoms with Gasteiger partial charge in [-0.25, -0.2) is 0 Å². The molecule has 0 radical (unpaired) electrons. The molecule has 0 spiro atoms. The SMILES string of the molecule is CCOC(c1noc(-c2cc(C)ccc2N)n1)C(C)C. The molecular weight excluding hydrogens is 254 g/mol. The molecule has 2 N–H and O–H groups in total. The summed E-state index contributed by atoms with van der Waals surface area (Å²) in [6.07, 6.45) is -0.163. The second-order valence-electron chi connectivity index (χ2n) is 5.17. The van der Waals surface area contributed by atoms with Crippen LogP contribution in [0.2, 0.25) is 0 Å². The first-order chi connectivity index (χ1) is 9.52. The summed E-state index contributed by atoms with van der Waals surface area (Å²) in [4.78, 5) is 4.44. The zero-order valence-corrected chi connectivity index (χ0v) is 12.4. The van der Waals surface area contributed by atoms with E-state index in [-0.39, 0.29) is 12.0 Å². The highest BCUT2D eigenvalue weighted by Gasteiger charge is 2.23. The summed E-state index contributed by atoms with van der Waals surface area (Å²) < 4.78 is 11.0. The molecule has 0 aliphatic carbocycles. The van der Waals surface area contributed by atoms with E-state index in [2.05, 4.69) is 24.0 Å². The van der Waals surface area contributed by atoms with E-state index in [4.69, 9.17) is 15.0 Å². The molecule has 0 aliphatic heterocycles. The Morgan fingerprint density at radius 1 is 1.35 bits per heavy atom. The molecule has 5 heteroatoms. The molecule has 0 aliphatic rings. The minimum absolute atomic E-state index is 0.163. The summed E-state index contributed by atoms with van der Waals surface area (Å²) in [5, 5.41) is 4.04. The van der Waals surface area contributed by atoms with Crippen LogP contribution in [0.15, 0.2) is 22.7 Å². The molecule has 1 aromatic heterocycles. The summed E-state index contributed by atoms with van der Waals surface area (Å²) in [6.45, 7) is 8.69. The van der Waals surface area contributed by atoms with Gasteiger partial charge in [0.1, 0.15) is 6.10 Å². The summed E-state index contributed by atoms with van der Waals surface area (Å²) >= 11 is 0. The molecule has 1 unspecified atom stereocenters. The largest absolute Gasteiger partial charge is 0.398 e. The van der Waals surface area contributed by atoms with Crippen LogP contribution in [-0.2, 0) is 4.74 Å². The van der Waals surface area contributed by atoms with E-state index in [9.17, 15) is 0 Å². The van der Waals surface area contributed by atoms with Gasteiger partial charge in [-0.3, -0.25) is 0 Å². The van der Waals surface area contributed by atoms with E-state index >= 15 is 0 Å². The monoisotopic (exact) mass is 275 g/mol. The van der Waals surface area contributed by atoms with Crippen molar-refractivity contribution in [2.24, 2.45) is 5.92 Å². The minimum atomic E-state index is -0.163. The fourth-order valence-electron chi connectivity index (χ4n) is 2.06. The quantitative estimate of drug-likeness (QED) is 0.847. The Hall–Kier alpha value is -1.88. The van der Waals surface area contributed by atoms with E-state index in [1.165, 1.54) is 0 Å². The van der Waals surface area contributed by atoms with Crippen LogP contribution >= 0.6 is 0 Å². The van der Waals surface area contributed by atoms with Gasteiger partial charge >= 0.3 is 0 Å². The molecule has 0 fully saturated rings. The molecule has 20 heavy (non-hydrogen) atoms. The molecular formula is C15H21N3O2. The van der Waals surface area contributed by atoms with Gasteiger partial charge in [-0.2, -0.15) is 4.98 Å².